The van der Waals surface area contributed by atoms with E-state index >= 15 is 0 Å². The van der Waals surface area contributed by atoms with Crippen molar-refractivity contribution in [3.63, 3.8) is 0 Å². The number of carbonyl (C=O) groups excluding carboxylic acids is 1. The number of hydrogen-bond acceptors (Lipinski definition) is 3. The Balaban J connectivity index is 1.75. The van der Waals surface area contributed by atoms with Crippen molar-refractivity contribution in [3.05, 3.63) is 65.2 Å². The van der Waals surface area contributed by atoms with Crippen molar-refractivity contribution < 1.29 is 9.18 Å². The highest BCUT2D eigenvalue weighted by molar-refractivity contribution is 5.97. The topological polar surface area (TPSA) is 59.3 Å². The average Bonchev–Trinajstić information content (AvgIpc) is 2.90. The first kappa shape index (κ1) is 15.9. The van der Waals surface area contributed by atoms with Crippen LogP contribution in [-0.2, 0) is 6.54 Å². The van der Waals surface area contributed by atoms with E-state index in [1.54, 1.807) is 24.3 Å². The zero-order chi connectivity index (χ0) is 17.1. The van der Waals surface area contributed by atoms with Crippen molar-refractivity contribution in [2.75, 3.05) is 0 Å². The monoisotopic (exact) mass is 324 g/mol. The van der Waals surface area contributed by atoms with Crippen LogP contribution < -0.4 is 5.43 Å². The minimum atomic E-state index is -0.320. The fraction of sp³-hybridized carbons (Fsp3) is 0.167. The van der Waals surface area contributed by atoms with Crippen LogP contribution >= 0.6 is 0 Å². The number of fused-ring (bicyclic) bond motifs is 1. The molecular formula is C18H17FN4O. The van der Waals surface area contributed by atoms with Gasteiger partial charge in [-0.3, -0.25) is 4.79 Å². The Hall–Kier alpha value is -3.02. The van der Waals surface area contributed by atoms with Crippen molar-refractivity contribution in [3.8, 4) is 0 Å². The number of nitrogens with one attached hydrogen (secondary N) is 1. The first-order valence-corrected chi connectivity index (χ1v) is 7.64. The predicted octanol–water partition coefficient (Wildman–Crippen LogP) is 3.27. The molecule has 0 fully saturated rings. The fourth-order valence-corrected chi connectivity index (χ4v) is 2.57. The first-order chi connectivity index (χ1) is 11.6. The number of rotatable bonds is 4. The van der Waals surface area contributed by atoms with Gasteiger partial charge in [0.25, 0.3) is 5.91 Å². The third-order valence-electron chi connectivity index (χ3n) is 3.77. The normalized spacial score (nSPS) is 11.3. The first-order valence-electron chi connectivity index (χ1n) is 7.64. The zero-order valence-electron chi connectivity index (χ0n) is 13.5. The largest absolute Gasteiger partial charge is 0.329 e. The van der Waals surface area contributed by atoms with Crippen LogP contribution in [0.5, 0.6) is 0 Å². The van der Waals surface area contributed by atoms with E-state index in [9.17, 15) is 9.18 Å². The Morgan fingerprint density at radius 1 is 1.29 bits per heavy atom. The van der Waals surface area contributed by atoms with Crippen LogP contribution in [0.4, 0.5) is 4.39 Å². The highest BCUT2D eigenvalue weighted by Gasteiger charge is 2.10. The van der Waals surface area contributed by atoms with Crippen LogP contribution in [-0.4, -0.2) is 21.7 Å². The van der Waals surface area contributed by atoms with Crippen molar-refractivity contribution in [1.29, 1.82) is 0 Å². The zero-order valence-corrected chi connectivity index (χ0v) is 13.5. The van der Waals surface area contributed by atoms with E-state index in [0.717, 1.165) is 23.4 Å². The van der Waals surface area contributed by atoms with Gasteiger partial charge in [-0.05, 0) is 49.7 Å². The van der Waals surface area contributed by atoms with Gasteiger partial charge in [0.2, 0.25) is 0 Å². The molecule has 24 heavy (non-hydrogen) atoms. The second kappa shape index (κ2) is 6.62. The molecule has 2 aromatic carbocycles. The highest BCUT2D eigenvalue weighted by Crippen LogP contribution is 2.17. The molecule has 0 aliphatic carbocycles. The van der Waals surface area contributed by atoms with E-state index in [1.807, 2.05) is 13.0 Å². The Kier molecular flexibility index (Phi) is 4.37. The lowest BCUT2D eigenvalue weighted by Crippen LogP contribution is -2.17. The van der Waals surface area contributed by atoms with E-state index in [2.05, 4.69) is 27.0 Å². The maximum Gasteiger partial charge on any atom is 0.271 e. The van der Waals surface area contributed by atoms with Crippen molar-refractivity contribution >= 4 is 23.2 Å². The van der Waals surface area contributed by atoms with E-state index in [1.165, 1.54) is 18.3 Å². The maximum atomic E-state index is 12.8. The van der Waals surface area contributed by atoms with Gasteiger partial charge in [-0.25, -0.2) is 14.8 Å². The number of aryl methyl sites for hydroxylation is 2. The number of halogens is 1. The summed E-state index contributed by atoms with van der Waals surface area (Å²) in [6.07, 6.45) is 1.46. The Morgan fingerprint density at radius 2 is 2.04 bits per heavy atom. The summed E-state index contributed by atoms with van der Waals surface area (Å²) < 4.78 is 14.9. The molecule has 0 aliphatic rings. The maximum absolute atomic E-state index is 12.8. The molecule has 1 N–H and O–H groups in total. The van der Waals surface area contributed by atoms with Gasteiger partial charge < -0.3 is 4.57 Å². The molecule has 0 saturated heterocycles. The Labute approximate surface area is 138 Å². The number of aromatic nitrogens is 2. The molecule has 1 amide bonds. The fourth-order valence-electron chi connectivity index (χ4n) is 2.57. The summed E-state index contributed by atoms with van der Waals surface area (Å²) >= 11 is 0. The number of hydrogen-bond donors (Lipinski definition) is 1. The number of nitrogens with zero attached hydrogens (tertiary/aromatic N) is 3. The lowest BCUT2D eigenvalue weighted by atomic mass is 10.2. The molecule has 3 rings (SSSR count). The molecule has 0 unspecified atom stereocenters. The molecule has 0 radical (unpaired) electrons. The molecule has 122 valence electrons. The van der Waals surface area contributed by atoms with Gasteiger partial charge in [-0.1, -0.05) is 12.1 Å². The third kappa shape index (κ3) is 3.17. The average molecular weight is 324 g/mol. The molecule has 0 atom stereocenters. The number of carbonyl (C=O) groups is 1. The quantitative estimate of drug-likeness (QED) is 0.591. The molecule has 0 aliphatic heterocycles. The Morgan fingerprint density at radius 3 is 2.75 bits per heavy atom. The smallest absolute Gasteiger partial charge is 0.271 e. The van der Waals surface area contributed by atoms with Gasteiger partial charge in [-0.15, -0.1) is 0 Å². The van der Waals surface area contributed by atoms with Crippen molar-refractivity contribution in [1.82, 2.24) is 15.0 Å². The van der Waals surface area contributed by atoms with Gasteiger partial charge in [-0.2, -0.15) is 5.10 Å². The summed E-state index contributed by atoms with van der Waals surface area (Å²) in [7, 11) is 0. The number of amides is 1. The van der Waals surface area contributed by atoms with E-state index < -0.39 is 0 Å². The van der Waals surface area contributed by atoms with E-state index in [0.29, 0.717) is 11.1 Å². The standard InChI is InChI=1S/C18H17FN4O/c1-3-23-12(2)21-16-10-14(6-9-17(16)23)18(24)22-20-11-13-4-7-15(19)8-5-13/h4-11H,3H2,1-2H3,(H,22,24). The van der Waals surface area contributed by atoms with Gasteiger partial charge in [0.05, 0.1) is 17.2 Å². The summed E-state index contributed by atoms with van der Waals surface area (Å²) in [6, 6.07) is 11.2. The van der Waals surface area contributed by atoms with E-state index in [4.69, 9.17) is 0 Å². The lowest BCUT2D eigenvalue weighted by Gasteiger charge is -2.03. The molecule has 0 bridgehead atoms. The summed E-state index contributed by atoms with van der Waals surface area (Å²) in [5.41, 5.74) is 5.43. The van der Waals surface area contributed by atoms with Gasteiger partial charge in [0.1, 0.15) is 11.6 Å². The van der Waals surface area contributed by atoms with Gasteiger partial charge in [0, 0.05) is 12.1 Å². The van der Waals surface area contributed by atoms with Crippen LogP contribution in [0.3, 0.4) is 0 Å². The van der Waals surface area contributed by atoms with E-state index in [-0.39, 0.29) is 11.7 Å². The van der Waals surface area contributed by atoms with Crippen LogP contribution in [0.25, 0.3) is 11.0 Å². The Bertz CT molecular complexity index is 913. The van der Waals surface area contributed by atoms with Gasteiger partial charge >= 0.3 is 0 Å². The molecule has 5 nitrogen and oxygen atoms in total. The van der Waals surface area contributed by atoms with Crippen molar-refractivity contribution in [2.45, 2.75) is 20.4 Å². The minimum absolute atomic E-state index is 0.314. The highest BCUT2D eigenvalue weighted by atomic mass is 19.1. The third-order valence-corrected chi connectivity index (χ3v) is 3.77. The van der Waals surface area contributed by atoms with Crippen LogP contribution in [0.15, 0.2) is 47.6 Å². The second-order valence-corrected chi connectivity index (χ2v) is 5.36. The lowest BCUT2D eigenvalue weighted by molar-refractivity contribution is 0.0955. The predicted molar refractivity (Wildman–Crippen MR) is 91.6 cm³/mol. The molecule has 6 heteroatoms. The summed E-state index contributed by atoms with van der Waals surface area (Å²) in [4.78, 5) is 16.6. The van der Waals surface area contributed by atoms with Crippen molar-refractivity contribution in [2.24, 2.45) is 5.10 Å². The summed E-state index contributed by atoms with van der Waals surface area (Å²) in [5.74, 6) is 0.282. The molecular weight excluding hydrogens is 307 g/mol. The minimum Gasteiger partial charge on any atom is -0.329 e. The molecule has 0 saturated carbocycles. The van der Waals surface area contributed by atoms with Crippen LogP contribution in [0.2, 0.25) is 0 Å². The number of benzene rings is 2. The molecule has 0 spiro atoms. The summed E-state index contributed by atoms with van der Waals surface area (Å²) in [5, 5.41) is 3.89. The molecule has 3 aromatic rings. The SMILES string of the molecule is CCn1c(C)nc2cc(C(=O)NN=Cc3ccc(F)cc3)ccc21. The van der Waals surface area contributed by atoms with Crippen LogP contribution in [0, 0.1) is 12.7 Å². The second-order valence-electron chi connectivity index (χ2n) is 5.36. The molecule has 1 aromatic heterocycles. The molecule has 1 heterocycles. The van der Waals surface area contributed by atoms with Gasteiger partial charge in [0.15, 0.2) is 0 Å². The summed E-state index contributed by atoms with van der Waals surface area (Å²) in [6.45, 7) is 4.82. The number of imidazole rings is 1. The van der Waals surface area contributed by atoms with Crippen LogP contribution in [0.1, 0.15) is 28.7 Å². The number of hydrazone groups is 1.